The van der Waals surface area contributed by atoms with Crippen molar-refractivity contribution >= 4 is 11.6 Å². The molecule has 0 aliphatic carbocycles. The predicted molar refractivity (Wildman–Crippen MR) is 79.7 cm³/mol. The Hall–Kier alpha value is -1.50. The van der Waals surface area contributed by atoms with Crippen molar-refractivity contribution in [3.63, 3.8) is 0 Å². The van der Waals surface area contributed by atoms with Crippen molar-refractivity contribution in [2.45, 2.75) is 32.5 Å². The molecule has 0 fully saturated rings. The van der Waals surface area contributed by atoms with Gasteiger partial charge in [0.1, 0.15) is 11.6 Å². The van der Waals surface area contributed by atoms with Crippen molar-refractivity contribution in [2.24, 2.45) is 0 Å². The Morgan fingerprint density at radius 1 is 1.10 bits per heavy atom. The summed E-state index contributed by atoms with van der Waals surface area (Å²) in [5.41, 5.74) is -0.910. The fourth-order valence-electron chi connectivity index (χ4n) is 1.52. The van der Waals surface area contributed by atoms with Crippen molar-refractivity contribution in [2.75, 3.05) is 37.8 Å². The second-order valence-corrected chi connectivity index (χ2v) is 5.71. The van der Waals surface area contributed by atoms with E-state index >= 15 is 0 Å². The number of pyridine rings is 1. The van der Waals surface area contributed by atoms with Crippen molar-refractivity contribution in [3.05, 3.63) is 17.7 Å². The second-order valence-electron chi connectivity index (χ2n) is 5.71. The zero-order valence-corrected chi connectivity index (χ0v) is 13.1. The van der Waals surface area contributed by atoms with Crippen LogP contribution in [0.5, 0.6) is 0 Å². The molecule has 0 atom stereocenters. The highest BCUT2D eigenvalue weighted by molar-refractivity contribution is 5.50. The predicted octanol–water partition coefficient (Wildman–Crippen LogP) is 3.28. The standard InChI is InChI=1S/C14H23F3N4/c1-6-18-11-7-10(14(15,16)17)8-12(20-11)19-9-13(2,3)21(4)5/h7-8H,6,9H2,1-5H3,(H2,18,19,20). The first-order chi connectivity index (χ1) is 9.56. The molecule has 0 spiro atoms. The van der Waals surface area contributed by atoms with Gasteiger partial charge in [-0.05, 0) is 47.0 Å². The largest absolute Gasteiger partial charge is 0.416 e. The first-order valence-corrected chi connectivity index (χ1v) is 6.80. The van der Waals surface area contributed by atoms with E-state index in [1.807, 2.05) is 39.8 Å². The lowest BCUT2D eigenvalue weighted by Crippen LogP contribution is -2.44. The van der Waals surface area contributed by atoms with Crippen LogP contribution in [0.2, 0.25) is 0 Å². The van der Waals surface area contributed by atoms with Crippen LogP contribution in [-0.4, -0.2) is 42.6 Å². The number of halogens is 3. The van der Waals surface area contributed by atoms with E-state index in [0.717, 1.165) is 12.1 Å². The average molecular weight is 304 g/mol. The summed E-state index contributed by atoms with van der Waals surface area (Å²) in [6.45, 7) is 6.80. The van der Waals surface area contributed by atoms with Crippen LogP contribution in [0.1, 0.15) is 26.3 Å². The van der Waals surface area contributed by atoms with Gasteiger partial charge in [-0.3, -0.25) is 0 Å². The third-order valence-corrected chi connectivity index (χ3v) is 3.42. The molecule has 2 N–H and O–H groups in total. The maximum absolute atomic E-state index is 12.9. The van der Waals surface area contributed by atoms with E-state index < -0.39 is 11.7 Å². The molecule has 0 radical (unpaired) electrons. The lowest BCUT2D eigenvalue weighted by molar-refractivity contribution is -0.137. The Labute approximate surface area is 123 Å². The number of anilines is 2. The third-order valence-electron chi connectivity index (χ3n) is 3.42. The van der Waals surface area contributed by atoms with Gasteiger partial charge in [0.2, 0.25) is 0 Å². The van der Waals surface area contributed by atoms with Crippen molar-refractivity contribution in [3.8, 4) is 0 Å². The summed E-state index contributed by atoms with van der Waals surface area (Å²) in [6, 6.07) is 2.05. The van der Waals surface area contributed by atoms with E-state index in [1.165, 1.54) is 0 Å². The zero-order chi connectivity index (χ0) is 16.3. The van der Waals surface area contributed by atoms with Gasteiger partial charge < -0.3 is 15.5 Å². The van der Waals surface area contributed by atoms with E-state index in [4.69, 9.17) is 0 Å². The lowest BCUT2D eigenvalue weighted by atomic mass is 10.0. The minimum absolute atomic E-state index is 0.200. The molecule has 1 aromatic heterocycles. The highest BCUT2D eigenvalue weighted by Gasteiger charge is 2.32. The lowest BCUT2D eigenvalue weighted by Gasteiger charge is -2.32. The average Bonchev–Trinajstić information content (AvgIpc) is 2.35. The van der Waals surface area contributed by atoms with Gasteiger partial charge in [0.05, 0.1) is 5.56 Å². The van der Waals surface area contributed by atoms with Gasteiger partial charge in [-0.1, -0.05) is 0 Å². The summed E-state index contributed by atoms with van der Waals surface area (Å²) >= 11 is 0. The Kier molecular flexibility index (Phi) is 5.44. The van der Waals surface area contributed by atoms with Crippen LogP contribution >= 0.6 is 0 Å². The van der Waals surface area contributed by atoms with Gasteiger partial charge in [0.25, 0.3) is 0 Å². The quantitative estimate of drug-likeness (QED) is 0.846. The summed E-state index contributed by atoms with van der Waals surface area (Å²) < 4.78 is 38.7. The maximum Gasteiger partial charge on any atom is 0.416 e. The molecule has 7 heteroatoms. The molecule has 1 rings (SSSR count). The minimum Gasteiger partial charge on any atom is -0.370 e. The van der Waals surface area contributed by atoms with Gasteiger partial charge in [-0.25, -0.2) is 4.98 Å². The fraction of sp³-hybridized carbons (Fsp3) is 0.643. The van der Waals surface area contributed by atoms with Crippen LogP contribution in [0.15, 0.2) is 12.1 Å². The Bertz CT molecular complexity index is 470. The first-order valence-electron chi connectivity index (χ1n) is 6.80. The molecule has 0 aliphatic rings. The van der Waals surface area contributed by atoms with Crippen molar-refractivity contribution in [1.82, 2.24) is 9.88 Å². The third kappa shape index (κ3) is 5.08. The molecule has 0 aromatic carbocycles. The van der Waals surface area contributed by atoms with Gasteiger partial charge >= 0.3 is 6.18 Å². The van der Waals surface area contributed by atoms with Crippen LogP contribution in [0.4, 0.5) is 24.8 Å². The smallest absolute Gasteiger partial charge is 0.370 e. The number of hydrogen-bond acceptors (Lipinski definition) is 4. The SMILES string of the molecule is CCNc1cc(C(F)(F)F)cc(NCC(C)(C)N(C)C)n1. The molecular weight excluding hydrogens is 281 g/mol. The molecule has 1 aromatic rings. The van der Waals surface area contributed by atoms with Gasteiger partial charge in [-0.15, -0.1) is 0 Å². The molecule has 1 heterocycles. The van der Waals surface area contributed by atoms with E-state index in [0.29, 0.717) is 13.1 Å². The molecule has 0 unspecified atom stereocenters. The number of likely N-dealkylation sites (N-methyl/N-ethyl adjacent to an activating group) is 1. The Morgan fingerprint density at radius 2 is 1.62 bits per heavy atom. The van der Waals surface area contributed by atoms with E-state index in [-0.39, 0.29) is 17.2 Å². The number of nitrogens with one attached hydrogen (secondary N) is 2. The van der Waals surface area contributed by atoms with E-state index in [1.54, 1.807) is 0 Å². The van der Waals surface area contributed by atoms with Crippen LogP contribution < -0.4 is 10.6 Å². The molecule has 0 aliphatic heterocycles. The normalized spacial score (nSPS) is 12.6. The highest BCUT2D eigenvalue weighted by Crippen LogP contribution is 2.32. The van der Waals surface area contributed by atoms with E-state index in [9.17, 15) is 13.2 Å². The Balaban J connectivity index is 2.98. The van der Waals surface area contributed by atoms with Crippen molar-refractivity contribution < 1.29 is 13.2 Å². The monoisotopic (exact) mass is 304 g/mol. The molecule has 0 amide bonds. The molecular formula is C14H23F3N4. The Morgan fingerprint density at radius 3 is 2.05 bits per heavy atom. The zero-order valence-electron chi connectivity index (χ0n) is 13.1. The molecule has 4 nitrogen and oxygen atoms in total. The molecule has 0 saturated heterocycles. The fourth-order valence-corrected chi connectivity index (χ4v) is 1.52. The minimum atomic E-state index is -4.39. The van der Waals surface area contributed by atoms with Crippen LogP contribution in [0.25, 0.3) is 0 Å². The van der Waals surface area contributed by atoms with Crippen molar-refractivity contribution in [1.29, 1.82) is 0 Å². The second kappa shape index (κ2) is 6.51. The molecule has 21 heavy (non-hydrogen) atoms. The summed E-state index contributed by atoms with van der Waals surface area (Å²) in [5.74, 6) is 0.438. The number of rotatable bonds is 6. The molecule has 0 bridgehead atoms. The number of alkyl halides is 3. The van der Waals surface area contributed by atoms with Gasteiger partial charge in [-0.2, -0.15) is 13.2 Å². The van der Waals surface area contributed by atoms with E-state index in [2.05, 4.69) is 15.6 Å². The summed E-state index contributed by atoms with van der Waals surface area (Å²) in [7, 11) is 3.84. The topological polar surface area (TPSA) is 40.2 Å². The molecule has 0 saturated carbocycles. The van der Waals surface area contributed by atoms with Gasteiger partial charge in [0.15, 0.2) is 0 Å². The number of hydrogen-bond donors (Lipinski definition) is 2. The molecule has 120 valence electrons. The van der Waals surface area contributed by atoms with Gasteiger partial charge in [0, 0.05) is 18.6 Å². The number of nitrogens with zero attached hydrogens (tertiary/aromatic N) is 2. The summed E-state index contributed by atoms with van der Waals surface area (Å²) in [5, 5.41) is 5.80. The summed E-state index contributed by atoms with van der Waals surface area (Å²) in [6.07, 6.45) is -4.39. The number of aromatic nitrogens is 1. The summed E-state index contributed by atoms with van der Waals surface area (Å²) in [4.78, 5) is 6.16. The maximum atomic E-state index is 12.9. The van der Waals surface area contributed by atoms with Crippen LogP contribution in [0.3, 0.4) is 0 Å². The van der Waals surface area contributed by atoms with Crippen LogP contribution in [0, 0.1) is 0 Å². The van der Waals surface area contributed by atoms with Crippen LogP contribution in [-0.2, 0) is 6.18 Å². The first kappa shape index (κ1) is 17.6. The highest BCUT2D eigenvalue weighted by atomic mass is 19.4.